The topological polar surface area (TPSA) is 71.3 Å². The number of amides is 1. The maximum absolute atomic E-state index is 12.1. The van der Waals surface area contributed by atoms with Crippen molar-refractivity contribution in [3.05, 3.63) is 24.0 Å². The van der Waals surface area contributed by atoms with Gasteiger partial charge in [0, 0.05) is 12.7 Å². The fourth-order valence-corrected chi connectivity index (χ4v) is 1.51. The Labute approximate surface area is 113 Å². The van der Waals surface area contributed by atoms with Crippen LogP contribution in [0.4, 0.5) is 0 Å². The first-order chi connectivity index (χ1) is 8.74. The molecule has 0 saturated heterocycles. The minimum Gasteiger partial charge on any atom is -0.480 e. The molecule has 1 aromatic rings. The van der Waals surface area contributed by atoms with Gasteiger partial charge in [-0.2, -0.15) is 0 Å². The summed E-state index contributed by atoms with van der Waals surface area (Å²) in [4.78, 5) is 22.7. The highest BCUT2D eigenvalue weighted by Gasteiger charge is 2.23. The number of carboxylic acids is 1. The number of hydrogen-bond acceptors (Lipinski definition) is 2. The number of carbonyl (C=O) groups is 2. The largest absolute Gasteiger partial charge is 0.480 e. The Morgan fingerprint density at radius 3 is 2.58 bits per heavy atom. The fraction of sp³-hybridized carbons (Fsp3) is 0.571. The van der Waals surface area contributed by atoms with Crippen LogP contribution in [0.3, 0.4) is 0 Å². The van der Waals surface area contributed by atoms with Gasteiger partial charge in [-0.05, 0) is 23.5 Å². The third kappa shape index (κ3) is 4.12. The third-order valence-corrected chi connectivity index (χ3v) is 3.64. The minimum absolute atomic E-state index is 0.000118. The molecule has 1 aromatic heterocycles. The second-order valence-electron chi connectivity index (χ2n) is 5.74. The zero-order chi connectivity index (χ0) is 14.6. The highest BCUT2D eigenvalue weighted by Crippen LogP contribution is 2.24. The zero-order valence-electron chi connectivity index (χ0n) is 11.9. The molecule has 1 amide bonds. The van der Waals surface area contributed by atoms with Crippen molar-refractivity contribution in [2.75, 3.05) is 6.54 Å². The lowest BCUT2D eigenvalue weighted by molar-refractivity contribution is -0.137. The molecule has 0 bridgehead atoms. The van der Waals surface area contributed by atoms with Gasteiger partial charge in [-0.15, -0.1) is 0 Å². The zero-order valence-corrected chi connectivity index (χ0v) is 11.9. The molecule has 0 spiro atoms. The molecule has 2 N–H and O–H groups in total. The Bertz CT molecular complexity index is 461. The van der Waals surface area contributed by atoms with Gasteiger partial charge in [0.25, 0.3) is 5.91 Å². The van der Waals surface area contributed by atoms with Crippen LogP contribution in [0.5, 0.6) is 0 Å². The van der Waals surface area contributed by atoms with E-state index in [9.17, 15) is 9.59 Å². The summed E-state index contributed by atoms with van der Waals surface area (Å²) in [7, 11) is 0. The maximum atomic E-state index is 12.1. The Morgan fingerprint density at radius 2 is 2.05 bits per heavy atom. The number of hydrogen-bond donors (Lipinski definition) is 2. The first-order valence-corrected chi connectivity index (χ1v) is 6.39. The Morgan fingerprint density at radius 1 is 1.42 bits per heavy atom. The van der Waals surface area contributed by atoms with Gasteiger partial charge in [0.15, 0.2) is 0 Å². The quantitative estimate of drug-likeness (QED) is 0.827. The van der Waals surface area contributed by atoms with E-state index in [1.165, 1.54) is 4.57 Å². The number of nitrogens with one attached hydrogen (secondary N) is 1. The van der Waals surface area contributed by atoms with Crippen LogP contribution >= 0.6 is 0 Å². The average Bonchev–Trinajstić information content (AvgIpc) is 2.73. The molecule has 5 nitrogen and oxygen atoms in total. The number of carboxylic acid groups (broad SMARTS) is 1. The van der Waals surface area contributed by atoms with Crippen molar-refractivity contribution in [3.63, 3.8) is 0 Å². The number of aliphatic carboxylic acids is 1. The van der Waals surface area contributed by atoms with Gasteiger partial charge < -0.3 is 15.0 Å². The molecule has 0 saturated carbocycles. The first kappa shape index (κ1) is 15.3. The third-order valence-electron chi connectivity index (χ3n) is 3.64. The van der Waals surface area contributed by atoms with Crippen molar-refractivity contribution in [2.45, 2.75) is 34.2 Å². The number of carbonyl (C=O) groups excluding carboxylic acids is 1. The molecule has 0 unspecified atom stereocenters. The van der Waals surface area contributed by atoms with E-state index in [0.29, 0.717) is 18.2 Å². The summed E-state index contributed by atoms with van der Waals surface area (Å²) in [6.45, 7) is 8.76. The van der Waals surface area contributed by atoms with Crippen LogP contribution in [-0.2, 0) is 11.3 Å². The summed E-state index contributed by atoms with van der Waals surface area (Å²) in [5.41, 5.74) is 0.377. The summed E-state index contributed by atoms with van der Waals surface area (Å²) in [5.74, 6) is -0.758. The first-order valence-electron chi connectivity index (χ1n) is 6.39. The number of aromatic nitrogens is 1. The standard InChI is InChI=1S/C14H22N2O3/c1-10(2)14(3,4)9-15-13(19)11-6-5-7-16(11)8-12(17)18/h5-7,10H,8-9H2,1-4H3,(H,15,19)(H,17,18). The van der Waals surface area contributed by atoms with Crippen molar-refractivity contribution >= 4 is 11.9 Å². The Hall–Kier alpha value is -1.78. The summed E-state index contributed by atoms with van der Waals surface area (Å²) >= 11 is 0. The number of rotatable bonds is 6. The van der Waals surface area contributed by atoms with Crippen LogP contribution < -0.4 is 5.32 Å². The molecule has 0 aliphatic carbocycles. The molecule has 1 rings (SSSR count). The maximum Gasteiger partial charge on any atom is 0.323 e. The van der Waals surface area contributed by atoms with Gasteiger partial charge in [-0.3, -0.25) is 9.59 Å². The van der Waals surface area contributed by atoms with Crippen LogP contribution in [0.1, 0.15) is 38.2 Å². The van der Waals surface area contributed by atoms with Crippen molar-refractivity contribution in [1.82, 2.24) is 9.88 Å². The van der Waals surface area contributed by atoms with Crippen LogP contribution in [-0.4, -0.2) is 28.1 Å². The normalized spacial score (nSPS) is 11.6. The summed E-state index contributed by atoms with van der Waals surface area (Å²) in [6, 6.07) is 3.30. The lowest BCUT2D eigenvalue weighted by Crippen LogP contribution is -2.37. The van der Waals surface area contributed by atoms with Crippen LogP contribution in [0.2, 0.25) is 0 Å². The monoisotopic (exact) mass is 266 g/mol. The van der Waals surface area contributed by atoms with E-state index in [2.05, 4.69) is 33.0 Å². The van der Waals surface area contributed by atoms with Gasteiger partial charge in [0.05, 0.1) is 0 Å². The molecule has 19 heavy (non-hydrogen) atoms. The SMILES string of the molecule is CC(C)C(C)(C)CNC(=O)c1cccn1CC(=O)O. The summed E-state index contributed by atoms with van der Waals surface area (Å²) < 4.78 is 1.43. The van der Waals surface area contributed by atoms with E-state index < -0.39 is 5.97 Å². The van der Waals surface area contributed by atoms with Crippen LogP contribution in [0.15, 0.2) is 18.3 Å². The van der Waals surface area contributed by atoms with Gasteiger partial charge >= 0.3 is 5.97 Å². The predicted molar refractivity (Wildman–Crippen MR) is 73.0 cm³/mol. The lowest BCUT2D eigenvalue weighted by atomic mass is 9.81. The van der Waals surface area contributed by atoms with Crippen LogP contribution in [0, 0.1) is 11.3 Å². The molecule has 0 fully saturated rings. The van der Waals surface area contributed by atoms with Crippen LogP contribution in [0.25, 0.3) is 0 Å². The molecule has 106 valence electrons. The molecular formula is C14H22N2O3. The lowest BCUT2D eigenvalue weighted by Gasteiger charge is -2.29. The molecule has 0 aliphatic rings. The number of nitrogens with zero attached hydrogens (tertiary/aromatic N) is 1. The predicted octanol–water partition coefficient (Wildman–Crippen LogP) is 1.98. The van der Waals surface area contributed by atoms with E-state index in [1.54, 1.807) is 18.3 Å². The summed E-state index contributed by atoms with van der Waals surface area (Å²) in [5, 5.41) is 11.6. The Kier molecular flexibility index (Phi) is 4.75. The molecule has 5 heteroatoms. The van der Waals surface area contributed by atoms with Gasteiger partial charge in [0.2, 0.25) is 0 Å². The van der Waals surface area contributed by atoms with E-state index in [4.69, 9.17) is 5.11 Å². The molecule has 0 aromatic carbocycles. The van der Waals surface area contributed by atoms with Crippen molar-refractivity contribution in [1.29, 1.82) is 0 Å². The molecule has 0 aliphatic heterocycles. The summed E-state index contributed by atoms with van der Waals surface area (Å²) in [6.07, 6.45) is 1.59. The van der Waals surface area contributed by atoms with E-state index >= 15 is 0 Å². The second-order valence-corrected chi connectivity index (χ2v) is 5.74. The van der Waals surface area contributed by atoms with E-state index in [0.717, 1.165) is 0 Å². The smallest absolute Gasteiger partial charge is 0.323 e. The molecule has 0 radical (unpaired) electrons. The molecule has 0 atom stereocenters. The van der Waals surface area contributed by atoms with E-state index in [-0.39, 0.29) is 17.9 Å². The van der Waals surface area contributed by atoms with Crippen molar-refractivity contribution in [2.24, 2.45) is 11.3 Å². The van der Waals surface area contributed by atoms with Gasteiger partial charge in [0.1, 0.15) is 12.2 Å². The van der Waals surface area contributed by atoms with E-state index in [1.807, 2.05) is 0 Å². The second kappa shape index (κ2) is 5.91. The average molecular weight is 266 g/mol. The molecule has 1 heterocycles. The minimum atomic E-state index is -0.965. The highest BCUT2D eigenvalue weighted by molar-refractivity contribution is 5.93. The van der Waals surface area contributed by atoms with Crippen molar-refractivity contribution < 1.29 is 14.7 Å². The highest BCUT2D eigenvalue weighted by atomic mass is 16.4. The van der Waals surface area contributed by atoms with Crippen molar-refractivity contribution in [3.8, 4) is 0 Å². The van der Waals surface area contributed by atoms with Gasteiger partial charge in [-0.25, -0.2) is 0 Å². The fourth-order valence-electron chi connectivity index (χ4n) is 1.51. The van der Waals surface area contributed by atoms with Gasteiger partial charge in [-0.1, -0.05) is 27.7 Å². The Balaban J connectivity index is 2.69. The molecular weight excluding hydrogens is 244 g/mol.